The molecular formula is C24H17ClN4O2. The van der Waals surface area contributed by atoms with E-state index in [1.165, 1.54) is 4.90 Å². The Kier molecular flexibility index (Phi) is 4.49. The van der Waals surface area contributed by atoms with Gasteiger partial charge in [-0.15, -0.1) is 0 Å². The summed E-state index contributed by atoms with van der Waals surface area (Å²) in [6.45, 7) is 2.15. The smallest absolute Gasteiger partial charge is 0.261 e. The van der Waals surface area contributed by atoms with Gasteiger partial charge in [-0.1, -0.05) is 35.9 Å². The molecule has 0 aliphatic carbocycles. The molecule has 2 amide bonds. The number of imidazole rings is 1. The Hall–Kier alpha value is -3.69. The zero-order valence-corrected chi connectivity index (χ0v) is 17.5. The molecule has 7 heteroatoms. The van der Waals surface area contributed by atoms with Gasteiger partial charge in [-0.05, 0) is 55.2 Å². The number of para-hydroxylation sites is 2. The third-order valence-corrected chi connectivity index (χ3v) is 6.25. The minimum Gasteiger partial charge on any atom is -0.281 e. The number of carbonyl (C=O) groups excluding carboxylic acids is 2. The fourth-order valence-electron chi connectivity index (χ4n) is 4.28. The summed E-state index contributed by atoms with van der Waals surface area (Å²) in [7, 11) is 0. The van der Waals surface area contributed by atoms with Crippen molar-refractivity contribution < 1.29 is 9.59 Å². The second-order valence-electron chi connectivity index (χ2n) is 7.55. The Morgan fingerprint density at radius 2 is 1.68 bits per heavy atom. The number of aromatic nitrogens is 2. The average molecular weight is 429 g/mol. The van der Waals surface area contributed by atoms with E-state index in [1.54, 1.807) is 28.7 Å². The van der Waals surface area contributed by atoms with Crippen LogP contribution >= 0.6 is 11.6 Å². The number of rotatable bonds is 4. The fourth-order valence-corrected chi connectivity index (χ4v) is 4.69. The van der Waals surface area contributed by atoms with Crippen LogP contribution < -0.4 is 0 Å². The van der Waals surface area contributed by atoms with Gasteiger partial charge in [0.15, 0.2) is 5.65 Å². The van der Waals surface area contributed by atoms with E-state index in [2.05, 4.69) is 11.1 Å². The topological polar surface area (TPSA) is 78.5 Å². The molecule has 0 bridgehead atoms. The molecule has 0 unspecified atom stereocenters. The molecule has 0 radical (unpaired) electrons. The molecule has 5 rings (SSSR count). The van der Waals surface area contributed by atoms with Crippen molar-refractivity contribution in [2.24, 2.45) is 0 Å². The Labute approximate surface area is 183 Å². The molecule has 6 nitrogen and oxygen atoms in total. The van der Waals surface area contributed by atoms with Crippen molar-refractivity contribution in [1.29, 1.82) is 5.26 Å². The standard InChI is InChI=1S/C24H17ClN4O2/c1-14-15(9-6-12-28-23(30)16-7-2-3-8-17(16)24(28)31)21(25)29-20-11-5-4-10-19(20)27-22(29)18(14)13-26/h2-5,7-8,10-11H,6,9,12H2,1H3. The van der Waals surface area contributed by atoms with Crippen LogP contribution in [0, 0.1) is 18.3 Å². The molecule has 4 aromatic rings. The molecule has 0 spiro atoms. The third kappa shape index (κ3) is 2.82. The second-order valence-corrected chi connectivity index (χ2v) is 7.91. The van der Waals surface area contributed by atoms with Crippen LogP contribution in [0.4, 0.5) is 0 Å². The van der Waals surface area contributed by atoms with E-state index in [9.17, 15) is 14.9 Å². The van der Waals surface area contributed by atoms with E-state index in [1.807, 2.05) is 31.2 Å². The van der Waals surface area contributed by atoms with E-state index in [0.29, 0.717) is 40.3 Å². The lowest BCUT2D eigenvalue weighted by molar-refractivity contribution is 0.0652. The molecule has 31 heavy (non-hydrogen) atoms. The maximum Gasteiger partial charge on any atom is 0.261 e. The van der Waals surface area contributed by atoms with Crippen molar-refractivity contribution in [2.75, 3.05) is 6.54 Å². The quantitative estimate of drug-likeness (QED) is 0.353. The summed E-state index contributed by atoms with van der Waals surface area (Å²) in [5, 5.41) is 10.3. The first-order valence-electron chi connectivity index (χ1n) is 9.96. The van der Waals surface area contributed by atoms with Crippen molar-refractivity contribution in [3.05, 3.63) is 81.5 Å². The Morgan fingerprint density at radius 3 is 2.35 bits per heavy atom. The molecule has 152 valence electrons. The zero-order chi connectivity index (χ0) is 21.7. The third-order valence-electron chi connectivity index (χ3n) is 5.86. The van der Waals surface area contributed by atoms with Gasteiger partial charge in [0.25, 0.3) is 11.8 Å². The molecule has 3 heterocycles. The van der Waals surface area contributed by atoms with Gasteiger partial charge in [0, 0.05) is 6.54 Å². The molecular weight excluding hydrogens is 412 g/mol. The SMILES string of the molecule is Cc1c(CCCN2C(=O)c3ccccc3C2=O)c(Cl)n2c(nc3ccccc32)c1C#N. The molecule has 0 N–H and O–H groups in total. The van der Waals surface area contributed by atoms with E-state index >= 15 is 0 Å². The Balaban J connectivity index is 1.48. The van der Waals surface area contributed by atoms with E-state index in [4.69, 9.17) is 11.6 Å². The highest BCUT2D eigenvalue weighted by atomic mass is 35.5. The predicted molar refractivity (Wildman–Crippen MR) is 117 cm³/mol. The lowest BCUT2D eigenvalue weighted by Crippen LogP contribution is -2.31. The maximum atomic E-state index is 12.6. The highest BCUT2D eigenvalue weighted by Crippen LogP contribution is 2.31. The number of imide groups is 1. The van der Waals surface area contributed by atoms with E-state index in [-0.39, 0.29) is 18.4 Å². The van der Waals surface area contributed by atoms with Gasteiger partial charge in [-0.2, -0.15) is 5.26 Å². The van der Waals surface area contributed by atoms with Crippen molar-refractivity contribution in [3.8, 4) is 6.07 Å². The minimum absolute atomic E-state index is 0.266. The van der Waals surface area contributed by atoms with Crippen LogP contribution in [0.5, 0.6) is 0 Å². The van der Waals surface area contributed by atoms with Crippen LogP contribution in [-0.2, 0) is 6.42 Å². The van der Waals surface area contributed by atoms with Crippen molar-refractivity contribution >= 4 is 40.1 Å². The number of halogens is 1. The van der Waals surface area contributed by atoms with Crippen LogP contribution in [0.3, 0.4) is 0 Å². The molecule has 0 saturated heterocycles. The molecule has 1 aliphatic rings. The number of benzene rings is 2. The average Bonchev–Trinajstić information content (AvgIpc) is 3.27. The zero-order valence-electron chi connectivity index (χ0n) is 16.7. The fraction of sp³-hybridized carbons (Fsp3) is 0.167. The number of amides is 2. The number of fused-ring (bicyclic) bond motifs is 4. The summed E-state index contributed by atoms with van der Waals surface area (Å²) in [5.74, 6) is -0.533. The monoisotopic (exact) mass is 428 g/mol. The Morgan fingerprint density at radius 1 is 1.03 bits per heavy atom. The summed E-state index contributed by atoms with van der Waals surface area (Å²) in [5.41, 5.74) is 5.11. The molecule has 1 aliphatic heterocycles. The summed E-state index contributed by atoms with van der Waals surface area (Å²) in [6, 6.07) is 16.7. The first-order chi connectivity index (χ1) is 15.0. The Bertz CT molecular complexity index is 1410. The van der Waals surface area contributed by atoms with Crippen LogP contribution in [0.1, 0.15) is 43.8 Å². The van der Waals surface area contributed by atoms with Gasteiger partial charge in [-0.3, -0.25) is 18.9 Å². The number of nitriles is 1. The van der Waals surface area contributed by atoms with E-state index in [0.717, 1.165) is 22.2 Å². The molecule has 0 atom stereocenters. The van der Waals surface area contributed by atoms with Crippen LogP contribution in [0.15, 0.2) is 48.5 Å². The summed E-state index contributed by atoms with van der Waals surface area (Å²) in [6.07, 6.45) is 1.06. The van der Waals surface area contributed by atoms with Crippen molar-refractivity contribution in [2.45, 2.75) is 19.8 Å². The van der Waals surface area contributed by atoms with Crippen molar-refractivity contribution in [1.82, 2.24) is 14.3 Å². The van der Waals surface area contributed by atoms with Crippen LogP contribution in [0.25, 0.3) is 16.7 Å². The summed E-state index contributed by atoms with van der Waals surface area (Å²) < 4.78 is 1.81. The summed E-state index contributed by atoms with van der Waals surface area (Å²) in [4.78, 5) is 31.1. The lowest BCUT2D eigenvalue weighted by atomic mass is 10.0. The number of hydrogen-bond acceptors (Lipinski definition) is 4. The van der Waals surface area contributed by atoms with E-state index < -0.39 is 0 Å². The van der Waals surface area contributed by atoms with Gasteiger partial charge < -0.3 is 0 Å². The lowest BCUT2D eigenvalue weighted by Gasteiger charge is -2.16. The summed E-state index contributed by atoms with van der Waals surface area (Å²) >= 11 is 6.79. The first-order valence-corrected chi connectivity index (χ1v) is 10.3. The number of pyridine rings is 1. The number of carbonyl (C=O) groups is 2. The normalized spacial score (nSPS) is 13.3. The van der Waals surface area contributed by atoms with Gasteiger partial charge in [0.05, 0.1) is 27.7 Å². The molecule has 2 aromatic carbocycles. The van der Waals surface area contributed by atoms with Gasteiger partial charge in [0.2, 0.25) is 0 Å². The highest BCUT2D eigenvalue weighted by molar-refractivity contribution is 6.31. The minimum atomic E-state index is -0.266. The predicted octanol–water partition coefficient (Wildman–Crippen LogP) is 4.55. The van der Waals surface area contributed by atoms with Gasteiger partial charge in [-0.25, -0.2) is 4.98 Å². The molecule has 0 saturated carbocycles. The molecule has 2 aromatic heterocycles. The highest BCUT2D eigenvalue weighted by Gasteiger charge is 2.34. The first kappa shape index (κ1) is 19.3. The van der Waals surface area contributed by atoms with Crippen LogP contribution in [0.2, 0.25) is 5.15 Å². The number of nitrogens with zero attached hydrogens (tertiary/aromatic N) is 4. The maximum absolute atomic E-state index is 12.6. The number of hydrogen-bond donors (Lipinski definition) is 0. The second kappa shape index (κ2) is 7.22. The van der Waals surface area contributed by atoms with Gasteiger partial charge >= 0.3 is 0 Å². The van der Waals surface area contributed by atoms with Crippen LogP contribution in [-0.4, -0.2) is 32.6 Å². The largest absolute Gasteiger partial charge is 0.281 e. The van der Waals surface area contributed by atoms with Crippen molar-refractivity contribution in [3.63, 3.8) is 0 Å². The molecule has 0 fully saturated rings. The van der Waals surface area contributed by atoms with Gasteiger partial charge in [0.1, 0.15) is 11.2 Å².